The number of carbonyl (C=O) groups is 1. The van der Waals surface area contributed by atoms with Gasteiger partial charge in [-0.15, -0.1) is 0 Å². The molecule has 0 bridgehead atoms. The van der Waals surface area contributed by atoms with Crippen LogP contribution >= 0.6 is 0 Å². The Kier molecular flexibility index (Phi) is 4.73. The number of benzene rings is 2. The Hall–Kier alpha value is -3.24. The number of azide groups is 1. The molecule has 1 aromatic heterocycles. The van der Waals surface area contributed by atoms with E-state index in [2.05, 4.69) is 10.0 Å². The second kappa shape index (κ2) is 7.11. The molecule has 0 fully saturated rings. The number of hydrogen-bond acceptors (Lipinski definition) is 3. The predicted molar refractivity (Wildman–Crippen MR) is 97.2 cm³/mol. The number of hydrogen-bond donors (Lipinski definition) is 0. The van der Waals surface area contributed by atoms with E-state index < -0.39 is 5.97 Å². The van der Waals surface area contributed by atoms with E-state index in [4.69, 9.17) is 10.3 Å². The number of aromatic nitrogens is 1. The highest BCUT2D eigenvalue weighted by molar-refractivity contribution is 6.07. The van der Waals surface area contributed by atoms with Gasteiger partial charge in [-0.25, -0.2) is 4.79 Å². The third kappa shape index (κ3) is 3.07. The van der Waals surface area contributed by atoms with Crippen LogP contribution in [0.2, 0.25) is 0 Å². The normalized spacial score (nSPS) is 10.5. The van der Waals surface area contributed by atoms with Crippen LogP contribution in [0.1, 0.15) is 23.0 Å². The lowest BCUT2D eigenvalue weighted by molar-refractivity contribution is 0.0527. The molecule has 6 nitrogen and oxygen atoms in total. The molecule has 6 heteroatoms. The zero-order valence-corrected chi connectivity index (χ0v) is 14.1. The lowest BCUT2D eigenvalue weighted by Gasteiger charge is -2.05. The van der Waals surface area contributed by atoms with Crippen LogP contribution in [0.25, 0.3) is 32.5 Å². The summed E-state index contributed by atoms with van der Waals surface area (Å²) in [5.41, 5.74) is 12.7. The maximum atomic E-state index is 12.5. The number of aryl methyl sites for hydroxylation is 1. The summed E-state index contributed by atoms with van der Waals surface area (Å²) in [4.78, 5) is 15.3. The van der Waals surface area contributed by atoms with E-state index in [0.717, 1.165) is 22.0 Å². The lowest BCUT2D eigenvalue weighted by Crippen LogP contribution is -2.08. The summed E-state index contributed by atoms with van der Waals surface area (Å²) in [6.07, 6.45) is 0. The summed E-state index contributed by atoms with van der Waals surface area (Å²) >= 11 is 0. The Balaban J connectivity index is 2.25. The summed E-state index contributed by atoms with van der Waals surface area (Å²) in [6, 6.07) is 15.9. The summed E-state index contributed by atoms with van der Waals surface area (Å²) < 4.78 is 7.11. The van der Waals surface area contributed by atoms with Crippen molar-refractivity contribution in [2.45, 2.75) is 13.5 Å². The van der Waals surface area contributed by atoms with Crippen molar-refractivity contribution < 1.29 is 9.53 Å². The molecule has 3 rings (SSSR count). The molecule has 0 N–H and O–H groups in total. The van der Waals surface area contributed by atoms with Gasteiger partial charge in [0.2, 0.25) is 0 Å². The van der Waals surface area contributed by atoms with Crippen molar-refractivity contribution >= 4 is 16.9 Å². The molecule has 0 radical (unpaired) electrons. The van der Waals surface area contributed by atoms with Gasteiger partial charge in [0.05, 0.1) is 18.7 Å². The molecule has 3 aromatic rings. The molecule has 1 heterocycles. The quantitative estimate of drug-likeness (QED) is 0.290. The van der Waals surface area contributed by atoms with E-state index in [1.54, 1.807) is 6.92 Å². The van der Waals surface area contributed by atoms with Crippen molar-refractivity contribution in [3.8, 4) is 11.1 Å². The van der Waals surface area contributed by atoms with Crippen LogP contribution in [-0.4, -0.2) is 17.1 Å². The fourth-order valence-corrected chi connectivity index (χ4v) is 3.02. The van der Waals surface area contributed by atoms with Crippen molar-refractivity contribution in [2.24, 2.45) is 12.2 Å². The molecule has 2 aromatic carbocycles. The number of esters is 1. The standard InChI is InChI=1S/C19H18N4O2/c1-3-25-19(24)18-15-11-14(13-7-5-4-6-8-13)9-10-16(15)23(2)17(18)12-21-22-20/h4-11H,3,12H2,1-2H3. The van der Waals surface area contributed by atoms with E-state index in [1.807, 2.05) is 60.1 Å². The van der Waals surface area contributed by atoms with Gasteiger partial charge in [0.1, 0.15) is 0 Å². The van der Waals surface area contributed by atoms with Gasteiger partial charge in [0.25, 0.3) is 0 Å². The minimum absolute atomic E-state index is 0.0937. The first-order valence-corrected chi connectivity index (χ1v) is 8.02. The Morgan fingerprint density at radius 3 is 2.64 bits per heavy atom. The van der Waals surface area contributed by atoms with E-state index in [1.165, 1.54) is 0 Å². The monoisotopic (exact) mass is 334 g/mol. The van der Waals surface area contributed by atoms with E-state index in [-0.39, 0.29) is 13.2 Å². The fraction of sp³-hybridized carbons (Fsp3) is 0.211. The second-order valence-electron chi connectivity index (χ2n) is 5.59. The molecule has 0 amide bonds. The summed E-state index contributed by atoms with van der Waals surface area (Å²) in [6.45, 7) is 2.15. The molecule has 126 valence electrons. The second-order valence-corrected chi connectivity index (χ2v) is 5.59. The van der Waals surface area contributed by atoms with Gasteiger partial charge >= 0.3 is 5.97 Å². The van der Waals surface area contributed by atoms with Crippen molar-refractivity contribution in [2.75, 3.05) is 6.61 Å². The Morgan fingerprint density at radius 1 is 1.20 bits per heavy atom. The predicted octanol–water partition coefficient (Wildman–Crippen LogP) is 4.83. The smallest absolute Gasteiger partial charge is 0.340 e. The highest BCUT2D eigenvalue weighted by Crippen LogP contribution is 2.31. The Morgan fingerprint density at radius 2 is 1.96 bits per heavy atom. The number of nitrogens with zero attached hydrogens (tertiary/aromatic N) is 4. The highest BCUT2D eigenvalue weighted by Gasteiger charge is 2.22. The number of ether oxygens (including phenoxy) is 1. The van der Waals surface area contributed by atoms with Gasteiger partial charge in [0.15, 0.2) is 0 Å². The van der Waals surface area contributed by atoms with Crippen molar-refractivity contribution in [3.05, 3.63) is 70.2 Å². The summed E-state index contributed by atoms with van der Waals surface area (Å²) in [5, 5.41) is 4.43. The maximum Gasteiger partial charge on any atom is 0.340 e. The largest absolute Gasteiger partial charge is 0.462 e. The highest BCUT2D eigenvalue weighted by atomic mass is 16.5. The van der Waals surface area contributed by atoms with Crippen molar-refractivity contribution in [1.82, 2.24) is 4.57 Å². The first-order valence-electron chi connectivity index (χ1n) is 8.02. The van der Waals surface area contributed by atoms with Crippen LogP contribution in [0.5, 0.6) is 0 Å². The van der Waals surface area contributed by atoms with Gasteiger partial charge in [0, 0.05) is 28.6 Å². The molecule has 0 aliphatic heterocycles. The molecule has 0 saturated carbocycles. The molecule has 25 heavy (non-hydrogen) atoms. The van der Waals surface area contributed by atoms with E-state index in [9.17, 15) is 4.79 Å². The zero-order valence-electron chi connectivity index (χ0n) is 14.1. The Labute approximate surface area is 145 Å². The average Bonchev–Trinajstić information content (AvgIpc) is 2.92. The Bertz CT molecular complexity index is 970. The molecule has 0 unspecified atom stereocenters. The molecular weight excluding hydrogens is 316 g/mol. The van der Waals surface area contributed by atoms with E-state index >= 15 is 0 Å². The molecule has 0 aliphatic carbocycles. The van der Waals surface area contributed by atoms with Crippen LogP contribution in [0, 0.1) is 0 Å². The number of carbonyl (C=O) groups excluding carboxylic acids is 1. The van der Waals surface area contributed by atoms with Gasteiger partial charge < -0.3 is 9.30 Å². The molecule has 0 saturated heterocycles. The first-order chi connectivity index (χ1) is 12.2. The molecular formula is C19H18N4O2. The average molecular weight is 334 g/mol. The van der Waals surface area contributed by atoms with Crippen LogP contribution < -0.4 is 0 Å². The third-order valence-electron chi connectivity index (χ3n) is 4.19. The van der Waals surface area contributed by atoms with Crippen LogP contribution in [-0.2, 0) is 18.3 Å². The van der Waals surface area contributed by atoms with Gasteiger partial charge in [-0.05, 0) is 35.7 Å². The lowest BCUT2D eigenvalue weighted by atomic mass is 10.0. The summed E-state index contributed by atoms with van der Waals surface area (Å²) in [7, 11) is 1.86. The van der Waals surface area contributed by atoms with Crippen molar-refractivity contribution in [1.29, 1.82) is 0 Å². The van der Waals surface area contributed by atoms with Gasteiger partial charge in [-0.2, -0.15) is 0 Å². The topological polar surface area (TPSA) is 80.0 Å². The summed E-state index contributed by atoms with van der Waals surface area (Å²) in [5.74, 6) is -0.401. The molecule has 0 atom stereocenters. The third-order valence-corrected chi connectivity index (χ3v) is 4.19. The first kappa shape index (κ1) is 16.6. The maximum absolute atomic E-state index is 12.5. The fourth-order valence-electron chi connectivity index (χ4n) is 3.02. The van der Waals surface area contributed by atoms with Crippen molar-refractivity contribution in [3.63, 3.8) is 0 Å². The number of rotatable bonds is 5. The number of fused-ring (bicyclic) bond motifs is 1. The SMILES string of the molecule is CCOC(=O)c1c(CN=[N+]=[N-])n(C)c2ccc(-c3ccccc3)cc12. The van der Waals surface area contributed by atoms with Crippen LogP contribution in [0.15, 0.2) is 53.6 Å². The van der Waals surface area contributed by atoms with Gasteiger partial charge in [-0.3, -0.25) is 0 Å². The minimum atomic E-state index is -0.401. The molecule has 0 aliphatic rings. The van der Waals surface area contributed by atoms with E-state index in [0.29, 0.717) is 11.3 Å². The van der Waals surface area contributed by atoms with Crippen LogP contribution in [0.3, 0.4) is 0 Å². The van der Waals surface area contributed by atoms with Crippen LogP contribution in [0.4, 0.5) is 0 Å². The zero-order chi connectivity index (χ0) is 17.8. The van der Waals surface area contributed by atoms with Gasteiger partial charge in [-0.1, -0.05) is 41.5 Å². The minimum Gasteiger partial charge on any atom is -0.462 e. The molecule has 0 spiro atoms.